The summed E-state index contributed by atoms with van der Waals surface area (Å²) in [6.45, 7) is 5.65. The highest BCUT2D eigenvalue weighted by molar-refractivity contribution is 5.98. The Morgan fingerprint density at radius 3 is 2.56 bits per heavy atom. The third-order valence-electron chi connectivity index (χ3n) is 2.30. The highest BCUT2D eigenvalue weighted by Gasteiger charge is 2.12. The molecule has 0 spiro atoms. The zero-order chi connectivity index (χ0) is 12.1. The van der Waals surface area contributed by atoms with E-state index in [4.69, 9.17) is 4.74 Å². The number of aryl methyl sites for hydroxylation is 1. The van der Waals surface area contributed by atoms with E-state index < -0.39 is 0 Å². The number of carbonyl (C=O) groups excluding carboxylic acids is 2. The molecule has 1 aromatic carbocycles. The van der Waals surface area contributed by atoms with Gasteiger partial charge >= 0.3 is 5.97 Å². The van der Waals surface area contributed by atoms with Crippen LogP contribution in [0.1, 0.15) is 46.5 Å². The van der Waals surface area contributed by atoms with Gasteiger partial charge in [0.25, 0.3) is 0 Å². The molecule has 0 aromatic heterocycles. The molecule has 1 aromatic rings. The first kappa shape index (κ1) is 12.4. The molecule has 0 atom stereocenters. The van der Waals surface area contributed by atoms with Crippen LogP contribution in [-0.4, -0.2) is 18.4 Å². The van der Waals surface area contributed by atoms with Crippen LogP contribution in [0.25, 0.3) is 0 Å². The van der Waals surface area contributed by atoms with Gasteiger partial charge in [0.15, 0.2) is 5.78 Å². The monoisotopic (exact) mass is 220 g/mol. The third-order valence-corrected chi connectivity index (χ3v) is 2.30. The van der Waals surface area contributed by atoms with E-state index in [-0.39, 0.29) is 11.8 Å². The second-order valence-electron chi connectivity index (χ2n) is 3.72. The molecule has 3 heteroatoms. The molecule has 1 rings (SSSR count). The van der Waals surface area contributed by atoms with Gasteiger partial charge in [0.2, 0.25) is 0 Å². The van der Waals surface area contributed by atoms with Crippen LogP contribution in [0.15, 0.2) is 18.2 Å². The van der Waals surface area contributed by atoms with Crippen molar-refractivity contribution in [1.82, 2.24) is 0 Å². The molecule has 0 amide bonds. The van der Waals surface area contributed by atoms with Gasteiger partial charge in [0.1, 0.15) is 0 Å². The maximum absolute atomic E-state index is 11.7. The van der Waals surface area contributed by atoms with Gasteiger partial charge in [-0.05, 0) is 31.9 Å². The maximum Gasteiger partial charge on any atom is 0.338 e. The summed E-state index contributed by atoms with van der Waals surface area (Å²) in [5, 5.41) is 0. The number of rotatable bonds is 4. The lowest BCUT2D eigenvalue weighted by atomic mass is 10.0. The quantitative estimate of drug-likeness (QED) is 0.579. The Hall–Kier alpha value is -1.64. The first-order valence-electron chi connectivity index (χ1n) is 5.35. The number of benzene rings is 1. The van der Waals surface area contributed by atoms with Crippen LogP contribution in [-0.2, 0) is 4.74 Å². The van der Waals surface area contributed by atoms with Gasteiger partial charge in [-0.3, -0.25) is 4.79 Å². The minimum atomic E-state index is -0.359. The van der Waals surface area contributed by atoms with Crippen molar-refractivity contribution in [3.8, 4) is 0 Å². The van der Waals surface area contributed by atoms with Crippen LogP contribution in [0.5, 0.6) is 0 Å². The van der Waals surface area contributed by atoms with E-state index in [0.717, 1.165) is 12.0 Å². The Balaban J connectivity index is 2.97. The summed E-state index contributed by atoms with van der Waals surface area (Å²) in [7, 11) is 0. The van der Waals surface area contributed by atoms with Crippen LogP contribution >= 0.6 is 0 Å². The second kappa shape index (κ2) is 5.45. The molecule has 0 heterocycles. The van der Waals surface area contributed by atoms with E-state index in [1.54, 1.807) is 18.2 Å². The van der Waals surface area contributed by atoms with Crippen LogP contribution < -0.4 is 0 Å². The molecule has 0 unspecified atom stereocenters. The smallest absolute Gasteiger partial charge is 0.338 e. The highest BCUT2D eigenvalue weighted by Crippen LogP contribution is 2.13. The fourth-order valence-electron chi connectivity index (χ4n) is 1.33. The normalized spacial score (nSPS) is 9.94. The first-order chi connectivity index (χ1) is 7.56. The number of hydrogen-bond donors (Lipinski definition) is 0. The van der Waals surface area contributed by atoms with E-state index in [2.05, 4.69) is 0 Å². The Labute approximate surface area is 95.4 Å². The van der Waals surface area contributed by atoms with Gasteiger partial charge in [-0.2, -0.15) is 0 Å². The van der Waals surface area contributed by atoms with Crippen LogP contribution in [0.4, 0.5) is 0 Å². The van der Waals surface area contributed by atoms with Crippen molar-refractivity contribution in [3.05, 3.63) is 34.9 Å². The lowest BCUT2D eigenvalue weighted by molar-refractivity contribution is 0.0504. The second-order valence-corrected chi connectivity index (χ2v) is 3.72. The molecule has 0 bridgehead atoms. The summed E-state index contributed by atoms with van der Waals surface area (Å²) < 4.78 is 5.04. The van der Waals surface area contributed by atoms with Crippen molar-refractivity contribution in [2.24, 2.45) is 0 Å². The molecular weight excluding hydrogens is 204 g/mol. The minimum Gasteiger partial charge on any atom is -0.462 e. The average molecular weight is 220 g/mol. The molecular formula is C13H16O3. The number of esters is 1. The SMILES string of the molecule is CCCOC(=O)c1cc(C(C)=O)ccc1C. The Morgan fingerprint density at radius 1 is 1.31 bits per heavy atom. The molecule has 0 radical (unpaired) electrons. The number of ketones is 1. The lowest BCUT2D eigenvalue weighted by Gasteiger charge is -2.07. The van der Waals surface area contributed by atoms with Crippen molar-refractivity contribution in [1.29, 1.82) is 0 Å². The molecule has 0 N–H and O–H groups in total. The molecule has 86 valence electrons. The van der Waals surface area contributed by atoms with Crippen molar-refractivity contribution < 1.29 is 14.3 Å². The van der Waals surface area contributed by atoms with Crippen molar-refractivity contribution >= 4 is 11.8 Å². The minimum absolute atomic E-state index is 0.0514. The van der Waals surface area contributed by atoms with E-state index in [1.807, 2.05) is 13.8 Å². The van der Waals surface area contributed by atoms with Crippen molar-refractivity contribution in [2.45, 2.75) is 27.2 Å². The summed E-state index contributed by atoms with van der Waals surface area (Å²) in [5.74, 6) is -0.410. The molecule has 0 aliphatic rings. The maximum atomic E-state index is 11.7. The molecule has 0 aliphatic carbocycles. The number of ether oxygens (including phenoxy) is 1. The van der Waals surface area contributed by atoms with E-state index in [1.165, 1.54) is 6.92 Å². The molecule has 3 nitrogen and oxygen atoms in total. The fraction of sp³-hybridized carbons (Fsp3) is 0.385. The zero-order valence-corrected chi connectivity index (χ0v) is 9.87. The van der Waals surface area contributed by atoms with Crippen LogP contribution in [0, 0.1) is 6.92 Å². The predicted octanol–water partition coefficient (Wildman–Crippen LogP) is 2.76. The highest BCUT2D eigenvalue weighted by atomic mass is 16.5. The van der Waals surface area contributed by atoms with Crippen molar-refractivity contribution in [3.63, 3.8) is 0 Å². The summed E-state index contributed by atoms with van der Waals surface area (Å²) in [5.41, 5.74) is 1.83. The Bertz CT molecular complexity index is 408. The Kier molecular flexibility index (Phi) is 4.23. The standard InChI is InChI=1S/C13H16O3/c1-4-7-16-13(15)12-8-11(10(3)14)6-5-9(12)2/h5-6,8H,4,7H2,1-3H3. The lowest BCUT2D eigenvalue weighted by Crippen LogP contribution is -2.09. The first-order valence-corrected chi connectivity index (χ1v) is 5.35. The number of hydrogen-bond acceptors (Lipinski definition) is 3. The third kappa shape index (κ3) is 2.92. The van der Waals surface area contributed by atoms with Gasteiger partial charge in [-0.15, -0.1) is 0 Å². The van der Waals surface area contributed by atoms with Crippen molar-refractivity contribution in [2.75, 3.05) is 6.61 Å². The average Bonchev–Trinajstić information content (AvgIpc) is 2.26. The van der Waals surface area contributed by atoms with E-state index >= 15 is 0 Å². The number of carbonyl (C=O) groups is 2. The summed E-state index contributed by atoms with van der Waals surface area (Å²) in [6, 6.07) is 5.07. The van der Waals surface area contributed by atoms with Crippen LogP contribution in [0.3, 0.4) is 0 Å². The molecule has 0 saturated heterocycles. The summed E-state index contributed by atoms with van der Waals surface area (Å²) in [4.78, 5) is 22.9. The molecule has 0 aliphatic heterocycles. The van der Waals surface area contributed by atoms with Gasteiger partial charge in [0, 0.05) is 5.56 Å². The van der Waals surface area contributed by atoms with E-state index in [9.17, 15) is 9.59 Å². The topological polar surface area (TPSA) is 43.4 Å². The van der Waals surface area contributed by atoms with Gasteiger partial charge in [-0.1, -0.05) is 19.1 Å². The Morgan fingerprint density at radius 2 is 2.00 bits per heavy atom. The van der Waals surface area contributed by atoms with Gasteiger partial charge in [-0.25, -0.2) is 4.79 Å². The van der Waals surface area contributed by atoms with E-state index in [0.29, 0.717) is 17.7 Å². The molecule has 0 saturated carbocycles. The number of Topliss-reactive ketones (excluding diaryl/α,β-unsaturated/α-hetero) is 1. The molecule has 0 fully saturated rings. The predicted molar refractivity (Wildman–Crippen MR) is 61.8 cm³/mol. The largest absolute Gasteiger partial charge is 0.462 e. The summed E-state index contributed by atoms with van der Waals surface area (Å²) >= 11 is 0. The van der Waals surface area contributed by atoms with Gasteiger partial charge in [0.05, 0.1) is 12.2 Å². The van der Waals surface area contributed by atoms with Crippen LogP contribution in [0.2, 0.25) is 0 Å². The zero-order valence-electron chi connectivity index (χ0n) is 9.87. The fourth-order valence-corrected chi connectivity index (χ4v) is 1.33. The molecule has 16 heavy (non-hydrogen) atoms. The summed E-state index contributed by atoms with van der Waals surface area (Å²) in [6.07, 6.45) is 0.789. The van der Waals surface area contributed by atoms with Gasteiger partial charge < -0.3 is 4.74 Å².